The highest BCUT2D eigenvalue weighted by Gasteiger charge is 2.19. The van der Waals surface area contributed by atoms with E-state index in [1.807, 2.05) is 30.3 Å². The third-order valence-corrected chi connectivity index (χ3v) is 5.23. The maximum absolute atomic E-state index is 13.5. The summed E-state index contributed by atoms with van der Waals surface area (Å²) in [5.74, 6) is -0.780. The number of aromatic nitrogens is 1. The van der Waals surface area contributed by atoms with Crippen LogP contribution in [0.2, 0.25) is 0 Å². The zero-order chi connectivity index (χ0) is 22.5. The molecule has 31 heavy (non-hydrogen) atoms. The maximum atomic E-state index is 13.5. The van der Waals surface area contributed by atoms with Crippen molar-refractivity contribution < 1.29 is 24.5 Å². The number of carbonyl (C=O) groups is 1. The minimum absolute atomic E-state index is 0.0178. The summed E-state index contributed by atoms with van der Waals surface area (Å²) in [4.78, 5) is 11.3. The molecule has 0 aliphatic rings. The van der Waals surface area contributed by atoms with Crippen LogP contribution in [0.1, 0.15) is 38.4 Å². The lowest BCUT2D eigenvalue weighted by Gasteiger charge is -2.15. The van der Waals surface area contributed by atoms with Crippen LogP contribution in [0.15, 0.2) is 54.6 Å². The highest BCUT2D eigenvalue weighted by atomic mass is 19.1. The average molecular weight is 426 g/mol. The Morgan fingerprint density at radius 1 is 1.10 bits per heavy atom. The predicted octanol–water partition coefficient (Wildman–Crippen LogP) is 4.10. The Balaban J connectivity index is 2.03. The summed E-state index contributed by atoms with van der Waals surface area (Å²) in [5.41, 5.74) is 3.69. The summed E-state index contributed by atoms with van der Waals surface area (Å²) in [5, 5.41) is 30.2. The summed E-state index contributed by atoms with van der Waals surface area (Å²) in [6.45, 7) is 3.51. The van der Waals surface area contributed by atoms with Crippen molar-refractivity contribution in [2.75, 3.05) is 6.61 Å². The van der Waals surface area contributed by atoms with Crippen molar-refractivity contribution in [3.8, 4) is 11.1 Å². The minimum Gasteiger partial charge on any atom is -0.393 e. The molecule has 1 aromatic heterocycles. The zero-order valence-electron chi connectivity index (χ0n) is 17.7. The van der Waals surface area contributed by atoms with Crippen LogP contribution in [-0.4, -0.2) is 44.5 Å². The van der Waals surface area contributed by atoms with Crippen LogP contribution < -0.4 is 0 Å². The molecule has 164 valence electrons. The first kappa shape index (κ1) is 22.9. The van der Waals surface area contributed by atoms with Gasteiger partial charge in [0.25, 0.3) is 0 Å². The van der Waals surface area contributed by atoms with Crippen LogP contribution in [0.4, 0.5) is 4.39 Å². The minimum atomic E-state index is -1.04. The Hall–Kier alpha value is -2.80. The molecule has 2 aromatic carbocycles. The van der Waals surface area contributed by atoms with Crippen molar-refractivity contribution in [3.05, 3.63) is 66.1 Å². The van der Waals surface area contributed by atoms with E-state index in [2.05, 4.69) is 18.4 Å². The average Bonchev–Trinajstić information content (AvgIpc) is 3.07. The summed E-state index contributed by atoms with van der Waals surface area (Å²) in [6.07, 6.45) is 1.18. The SMILES string of the molecule is CC(C)n1c(/C=C/[C@@H](O)C[C@@H](O)CC(=O)CO)c(-c2ccc(F)cc2)c2ccccc21. The molecule has 5 nitrogen and oxygen atoms in total. The fraction of sp³-hybridized carbons (Fsp3) is 0.320. The molecule has 3 aromatic rings. The van der Waals surface area contributed by atoms with E-state index in [0.717, 1.165) is 27.7 Å². The second-order valence-corrected chi connectivity index (χ2v) is 7.96. The quantitative estimate of drug-likeness (QED) is 0.482. The largest absolute Gasteiger partial charge is 0.393 e. The first-order valence-electron chi connectivity index (χ1n) is 10.4. The molecule has 2 atom stereocenters. The van der Waals surface area contributed by atoms with Gasteiger partial charge in [0.05, 0.1) is 12.2 Å². The highest BCUT2D eigenvalue weighted by molar-refractivity contribution is 6.01. The van der Waals surface area contributed by atoms with Crippen molar-refractivity contribution in [3.63, 3.8) is 0 Å². The number of rotatable bonds is 9. The number of nitrogens with zero attached hydrogens (tertiary/aromatic N) is 1. The number of benzene rings is 2. The zero-order valence-corrected chi connectivity index (χ0v) is 17.7. The van der Waals surface area contributed by atoms with Crippen LogP contribution in [0.3, 0.4) is 0 Å². The van der Waals surface area contributed by atoms with E-state index in [1.165, 1.54) is 12.1 Å². The Bertz CT molecular complexity index is 1070. The van der Waals surface area contributed by atoms with E-state index in [4.69, 9.17) is 5.11 Å². The number of aliphatic hydroxyl groups is 3. The second-order valence-electron chi connectivity index (χ2n) is 7.96. The molecule has 1 heterocycles. The Labute approximate surface area is 181 Å². The van der Waals surface area contributed by atoms with Gasteiger partial charge in [-0.3, -0.25) is 4.79 Å². The molecule has 0 aliphatic carbocycles. The molecule has 0 saturated carbocycles. The van der Waals surface area contributed by atoms with Crippen molar-refractivity contribution in [2.24, 2.45) is 0 Å². The standard InChI is InChI=1S/C25H28FNO4/c1-16(2)27-23-6-4-3-5-22(23)25(17-7-9-18(26)10-8-17)24(27)12-11-19(29)13-20(30)14-21(31)15-28/h3-12,16,19-20,28-30H,13-15H2,1-2H3/b12-11+/t19-,20-/m1/s1. The van der Waals surface area contributed by atoms with Gasteiger partial charge in [-0.25, -0.2) is 4.39 Å². The fourth-order valence-corrected chi connectivity index (χ4v) is 3.89. The molecule has 0 bridgehead atoms. The third kappa shape index (κ3) is 5.28. The number of hydrogen-bond donors (Lipinski definition) is 3. The van der Waals surface area contributed by atoms with Crippen LogP contribution in [-0.2, 0) is 4.79 Å². The van der Waals surface area contributed by atoms with Crippen LogP contribution in [0.25, 0.3) is 28.1 Å². The highest BCUT2D eigenvalue weighted by Crippen LogP contribution is 2.38. The molecule has 0 amide bonds. The molecule has 0 radical (unpaired) electrons. The first-order chi connectivity index (χ1) is 14.8. The number of fused-ring (bicyclic) bond motifs is 1. The van der Waals surface area contributed by atoms with Crippen molar-refractivity contribution in [2.45, 2.75) is 44.9 Å². The van der Waals surface area contributed by atoms with Gasteiger partial charge in [0.2, 0.25) is 0 Å². The van der Waals surface area contributed by atoms with Crippen LogP contribution in [0.5, 0.6) is 0 Å². The summed E-state index contributed by atoms with van der Waals surface area (Å²) >= 11 is 0. The number of Topliss-reactive ketones (excluding diaryl/α,β-unsaturated/α-hetero) is 1. The number of hydrogen-bond acceptors (Lipinski definition) is 4. The van der Waals surface area contributed by atoms with Gasteiger partial charge in [0, 0.05) is 41.0 Å². The number of para-hydroxylation sites is 1. The lowest BCUT2D eigenvalue weighted by molar-refractivity contribution is -0.123. The van der Waals surface area contributed by atoms with E-state index in [-0.39, 0.29) is 24.7 Å². The number of carbonyl (C=O) groups excluding carboxylic acids is 1. The van der Waals surface area contributed by atoms with E-state index >= 15 is 0 Å². The monoisotopic (exact) mass is 425 g/mol. The summed E-state index contributed by atoms with van der Waals surface area (Å²) < 4.78 is 15.7. The molecule has 3 N–H and O–H groups in total. The number of ketones is 1. The normalized spacial score (nSPS) is 13.9. The summed E-state index contributed by atoms with van der Waals surface area (Å²) in [6, 6.07) is 14.4. The Morgan fingerprint density at radius 3 is 2.42 bits per heavy atom. The Kier molecular flexibility index (Phi) is 7.38. The molecular formula is C25H28FNO4. The first-order valence-corrected chi connectivity index (χ1v) is 10.4. The van der Waals surface area contributed by atoms with Gasteiger partial charge >= 0.3 is 0 Å². The van der Waals surface area contributed by atoms with Gasteiger partial charge in [0.15, 0.2) is 5.78 Å². The fourth-order valence-electron chi connectivity index (χ4n) is 3.89. The van der Waals surface area contributed by atoms with Gasteiger partial charge in [-0.15, -0.1) is 0 Å². The topological polar surface area (TPSA) is 82.7 Å². The maximum Gasteiger partial charge on any atom is 0.160 e. The van der Waals surface area contributed by atoms with Crippen molar-refractivity contribution >= 4 is 22.8 Å². The van der Waals surface area contributed by atoms with E-state index in [0.29, 0.717) is 0 Å². The third-order valence-electron chi connectivity index (χ3n) is 5.23. The molecule has 0 fully saturated rings. The molecule has 3 rings (SSSR count). The molecular weight excluding hydrogens is 397 g/mol. The molecule has 0 spiro atoms. The van der Waals surface area contributed by atoms with Gasteiger partial charge in [0.1, 0.15) is 12.4 Å². The lowest BCUT2D eigenvalue weighted by Crippen LogP contribution is -2.20. The Morgan fingerprint density at radius 2 is 1.77 bits per heavy atom. The van der Waals surface area contributed by atoms with E-state index in [9.17, 15) is 19.4 Å². The number of aliphatic hydroxyl groups excluding tert-OH is 3. The molecule has 0 aliphatic heterocycles. The van der Waals surface area contributed by atoms with Crippen LogP contribution in [0, 0.1) is 5.82 Å². The molecule has 0 saturated heterocycles. The van der Waals surface area contributed by atoms with E-state index < -0.39 is 24.6 Å². The lowest BCUT2D eigenvalue weighted by atomic mass is 10.0. The van der Waals surface area contributed by atoms with Gasteiger partial charge in [-0.1, -0.05) is 36.4 Å². The second kappa shape index (κ2) is 10.0. The smallest absolute Gasteiger partial charge is 0.160 e. The van der Waals surface area contributed by atoms with Gasteiger partial charge in [-0.2, -0.15) is 0 Å². The van der Waals surface area contributed by atoms with Crippen molar-refractivity contribution in [1.82, 2.24) is 4.57 Å². The van der Waals surface area contributed by atoms with E-state index in [1.54, 1.807) is 18.2 Å². The van der Waals surface area contributed by atoms with Crippen molar-refractivity contribution in [1.29, 1.82) is 0 Å². The van der Waals surface area contributed by atoms with Gasteiger partial charge < -0.3 is 19.9 Å². The van der Waals surface area contributed by atoms with Gasteiger partial charge in [-0.05, 0) is 43.7 Å². The molecule has 0 unspecified atom stereocenters. The summed E-state index contributed by atoms with van der Waals surface area (Å²) in [7, 11) is 0. The molecule has 6 heteroatoms. The predicted molar refractivity (Wildman–Crippen MR) is 120 cm³/mol. The van der Waals surface area contributed by atoms with Crippen LogP contribution >= 0.6 is 0 Å². The number of halogens is 1.